The first-order valence-electron chi connectivity index (χ1n) is 3.98. The van der Waals surface area contributed by atoms with Gasteiger partial charge in [-0.3, -0.25) is 4.79 Å². The number of carboxylic acid groups (broad SMARTS) is 1. The van der Waals surface area contributed by atoms with Crippen LogP contribution in [0.3, 0.4) is 0 Å². The molecule has 0 saturated carbocycles. The molecule has 0 aromatic heterocycles. The summed E-state index contributed by atoms with van der Waals surface area (Å²) in [5, 5.41) is 8.37. The van der Waals surface area contributed by atoms with Gasteiger partial charge in [0.15, 0.2) is 0 Å². The van der Waals surface area contributed by atoms with Gasteiger partial charge in [0.2, 0.25) is 0 Å². The van der Waals surface area contributed by atoms with Crippen molar-refractivity contribution in [3.63, 3.8) is 0 Å². The Morgan fingerprint density at radius 3 is 2.73 bits per heavy atom. The number of esters is 1. The Morgan fingerprint density at radius 1 is 1.73 bits per heavy atom. The first-order valence-corrected chi connectivity index (χ1v) is 2.82. The molecule has 62 valence electrons. The quantitative estimate of drug-likeness (QED) is 0.377. The van der Waals surface area contributed by atoms with Crippen LogP contribution in [0.5, 0.6) is 0 Å². The Labute approximate surface area is 67.3 Å². The van der Waals surface area contributed by atoms with Gasteiger partial charge in [-0.1, -0.05) is 6.08 Å². The number of carboxylic acids is 1. The minimum absolute atomic E-state index is 0.176. The third-order valence-corrected chi connectivity index (χ3v) is 0.990. The molecule has 0 aliphatic rings. The van der Waals surface area contributed by atoms with Gasteiger partial charge >= 0.3 is 11.9 Å². The number of carbonyl (C=O) groups is 2. The van der Waals surface area contributed by atoms with Crippen molar-refractivity contribution in [2.45, 2.75) is 13.3 Å². The maximum atomic E-state index is 10.9. The number of ether oxygens (including phenoxy) is 1. The number of rotatable bonds is 3. The summed E-state index contributed by atoms with van der Waals surface area (Å²) in [5.74, 6) is -2.01. The highest BCUT2D eigenvalue weighted by molar-refractivity contribution is 5.93. The lowest BCUT2D eigenvalue weighted by Crippen LogP contribution is -2.08. The minimum atomic E-state index is -1.37. The van der Waals surface area contributed by atoms with E-state index in [1.807, 2.05) is 0 Å². The Morgan fingerprint density at radius 2 is 2.36 bits per heavy atom. The molecule has 0 aromatic carbocycles. The lowest BCUT2D eigenvalue weighted by atomic mass is 10.9. The molecule has 1 N–H and O–H groups in total. The van der Waals surface area contributed by atoms with E-state index in [9.17, 15) is 9.59 Å². The summed E-state index contributed by atoms with van der Waals surface area (Å²) in [6.45, 7) is -1.37. The van der Waals surface area contributed by atoms with Crippen LogP contribution in [0.15, 0.2) is 11.6 Å². The van der Waals surface area contributed by atoms with Gasteiger partial charge in [0.1, 0.15) is 0 Å². The topological polar surface area (TPSA) is 63.6 Å². The molecule has 0 fully saturated rings. The van der Waals surface area contributed by atoms with E-state index in [0.717, 1.165) is 13.2 Å². The molecule has 0 spiro atoms. The summed E-state index contributed by atoms with van der Waals surface area (Å²) >= 11 is 0. The maximum Gasteiger partial charge on any atom is 0.333 e. The standard InChI is InChI=1S/C7H10O4/c1-3-5(4-6(8)9)7(10)11-2/h3H,4H2,1-2H3,(H,8,9)/b5-3+/i1+1D2,3+1,4+1,5+1,6+1. The van der Waals surface area contributed by atoms with Crippen molar-refractivity contribution in [2.24, 2.45) is 0 Å². The molecule has 0 bridgehead atoms. The summed E-state index contributed by atoms with van der Waals surface area (Å²) in [6.07, 6.45) is 0.404. The fraction of sp³-hybridized carbons (Fsp3) is 0.429. The Balaban J connectivity index is 4.55. The number of allylic oxidation sites excluding steroid dienone is 1. The normalized spacial score (nSPS) is 13.8. The summed E-state index contributed by atoms with van der Waals surface area (Å²) in [5.41, 5.74) is -0.176. The van der Waals surface area contributed by atoms with Crippen molar-refractivity contribution in [3.05, 3.63) is 11.6 Å². The summed E-state index contributed by atoms with van der Waals surface area (Å²) < 4.78 is 17.9. The van der Waals surface area contributed by atoms with Gasteiger partial charge in [-0.2, -0.15) is 0 Å². The molecule has 4 nitrogen and oxygen atoms in total. The molecular formula is C7H10O4. The first-order chi connectivity index (χ1) is 5.97. The molecule has 0 radical (unpaired) electrons. The van der Waals surface area contributed by atoms with E-state index in [0.29, 0.717) is 0 Å². The number of hydrogen-bond donors (Lipinski definition) is 1. The Kier molecular flexibility index (Phi) is 2.61. The molecule has 0 atom stereocenters. The highest BCUT2D eigenvalue weighted by Gasteiger charge is 2.11. The minimum Gasteiger partial charge on any atom is -0.481 e. The molecule has 0 amide bonds. The molecular weight excluding hydrogens is 153 g/mol. The molecule has 0 aliphatic carbocycles. The maximum absolute atomic E-state index is 10.9. The summed E-state index contributed by atoms with van der Waals surface area (Å²) in [4.78, 5) is 21.1. The van der Waals surface area contributed by atoms with E-state index in [1.165, 1.54) is 0 Å². The van der Waals surface area contributed by atoms with Crippen molar-refractivity contribution < 1.29 is 22.2 Å². The summed E-state index contributed by atoms with van der Waals surface area (Å²) in [6, 6.07) is 0. The van der Waals surface area contributed by atoms with Crippen LogP contribution in [0.1, 0.15) is 16.0 Å². The van der Waals surface area contributed by atoms with E-state index < -0.39 is 25.2 Å². The van der Waals surface area contributed by atoms with Crippen molar-refractivity contribution >= 4 is 11.9 Å². The zero-order valence-corrected chi connectivity index (χ0v) is 6.03. The molecule has 0 aromatic rings. The third kappa shape index (κ3) is 3.40. The van der Waals surface area contributed by atoms with Crippen LogP contribution in [0, 0.1) is 0 Å². The van der Waals surface area contributed by atoms with Crippen LogP contribution in [-0.2, 0) is 14.3 Å². The van der Waals surface area contributed by atoms with Gasteiger partial charge in [0.05, 0.1) is 13.5 Å². The second kappa shape index (κ2) is 4.49. The lowest BCUT2D eigenvalue weighted by molar-refractivity contribution is -0.141. The van der Waals surface area contributed by atoms with Gasteiger partial charge in [-0.25, -0.2) is 4.79 Å². The highest BCUT2D eigenvalue weighted by atomic mass is 16.5. The van der Waals surface area contributed by atoms with Gasteiger partial charge < -0.3 is 9.84 Å². The molecule has 0 unspecified atom stereocenters. The average Bonchev–Trinajstić information content (AvgIpc) is 2.00. The molecule has 0 saturated heterocycles. The van der Waals surface area contributed by atoms with Crippen LogP contribution < -0.4 is 0 Å². The van der Waals surface area contributed by atoms with Gasteiger partial charge in [-0.15, -0.1) is 0 Å². The van der Waals surface area contributed by atoms with E-state index in [1.54, 1.807) is 0 Å². The largest absolute Gasteiger partial charge is 0.481 e. The Bertz CT molecular complexity index is 235. The molecule has 0 rings (SSSR count). The fourth-order valence-electron chi connectivity index (χ4n) is 0.493. The predicted octanol–water partition coefficient (Wildman–Crippen LogP) is 0.580. The number of carbonyl (C=O) groups excluding carboxylic acids is 1. The van der Waals surface area contributed by atoms with Crippen molar-refractivity contribution in [3.8, 4) is 0 Å². The van der Waals surface area contributed by atoms with Gasteiger partial charge in [0.25, 0.3) is 0 Å². The summed E-state index contributed by atoms with van der Waals surface area (Å²) in [7, 11) is 1.11. The van der Waals surface area contributed by atoms with Crippen LogP contribution in [0.25, 0.3) is 0 Å². The average molecular weight is 165 g/mol. The number of methoxy groups -OCH3 is 1. The third-order valence-electron chi connectivity index (χ3n) is 0.990. The van der Waals surface area contributed by atoms with Gasteiger partial charge in [0, 0.05) is 8.31 Å². The molecule has 0 heterocycles. The number of hydrogen-bond acceptors (Lipinski definition) is 3. The molecule has 4 heteroatoms. The smallest absolute Gasteiger partial charge is 0.333 e. The Hall–Kier alpha value is -1.32. The zero-order valence-electron chi connectivity index (χ0n) is 8.03. The van der Waals surface area contributed by atoms with Crippen LogP contribution in [-0.4, -0.2) is 24.2 Å². The van der Waals surface area contributed by atoms with E-state index in [4.69, 9.17) is 7.85 Å². The van der Waals surface area contributed by atoms with Crippen molar-refractivity contribution in [1.82, 2.24) is 0 Å². The first kappa shape index (κ1) is 6.39. The van der Waals surface area contributed by atoms with Crippen molar-refractivity contribution in [2.75, 3.05) is 7.11 Å². The van der Waals surface area contributed by atoms with Gasteiger partial charge in [-0.05, 0) is 6.88 Å². The zero-order chi connectivity index (χ0) is 10.4. The van der Waals surface area contributed by atoms with E-state index in [-0.39, 0.29) is 5.57 Å². The monoisotopic (exact) mass is 165 g/mol. The van der Waals surface area contributed by atoms with E-state index in [2.05, 4.69) is 4.74 Å². The highest BCUT2D eigenvalue weighted by Crippen LogP contribution is 2.02. The fourth-order valence-corrected chi connectivity index (χ4v) is 0.493. The van der Waals surface area contributed by atoms with Crippen LogP contribution in [0.2, 0.25) is 0 Å². The van der Waals surface area contributed by atoms with Crippen LogP contribution in [0.4, 0.5) is 0 Å². The second-order valence-electron chi connectivity index (χ2n) is 1.75. The second-order valence-corrected chi connectivity index (χ2v) is 1.75. The lowest BCUT2D eigenvalue weighted by Gasteiger charge is -1.99. The SMILES string of the molecule is [2H][13CH]([2H])/[13CH]=[13C](\[13CH2][13C](=O)O)C(=O)OC. The molecule has 11 heavy (non-hydrogen) atoms. The van der Waals surface area contributed by atoms with Crippen LogP contribution >= 0.6 is 0 Å². The predicted molar refractivity (Wildman–Crippen MR) is 38.0 cm³/mol. The van der Waals surface area contributed by atoms with Crippen molar-refractivity contribution in [1.29, 1.82) is 0 Å². The molecule has 0 aliphatic heterocycles. The number of aliphatic carboxylic acids is 1. The van der Waals surface area contributed by atoms with E-state index >= 15 is 0 Å².